The minimum Gasteiger partial charge on any atom is -0.371 e. The fourth-order valence-electron chi connectivity index (χ4n) is 3.29. The molecule has 3 nitrogen and oxygen atoms in total. The lowest BCUT2D eigenvalue weighted by molar-refractivity contribution is 0.0460. The first-order valence-corrected chi connectivity index (χ1v) is 8.64. The third-order valence-corrected chi connectivity index (χ3v) is 5.72. The predicted molar refractivity (Wildman–Crippen MR) is 83.1 cm³/mol. The van der Waals surface area contributed by atoms with Crippen LogP contribution in [-0.2, 0) is 11.2 Å². The molecule has 1 saturated carbocycles. The predicted octanol–water partition coefficient (Wildman–Crippen LogP) is 3.86. The quantitative estimate of drug-likeness (QED) is 0.895. The van der Waals surface area contributed by atoms with Gasteiger partial charge in [-0.2, -0.15) is 0 Å². The first kappa shape index (κ1) is 14.5. The number of aromatic nitrogens is 1. The fourth-order valence-corrected chi connectivity index (χ4v) is 4.63. The van der Waals surface area contributed by atoms with Crippen molar-refractivity contribution in [2.45, 2.75) is 58.6 Å². The summed E-state index contributed by atoms with van der Waals surface area (Å²) in [4.78, 5) is 6.43. The van der Waals surface area contributed by atoms with E-state index in [1.807, 2.05) is 11.3 Å². The van der Waals surface area contributed by atoms with Gasteiger partial charge in [0, 0.05) is 17.5 Å². The van der Waals surface area contributed by atoms with E-state index in [0.717, 1.165) is 13.0 Å². The fraction of sp³-hybridized carbons (Fsp3) is 0.812. The number of nitrogens with zero attached hydrogens (tertiary/aromatic N) is 1. The smallest absolute Gasteiger partial charge is 0.122 e. The summed E-state index contributed by atoms with van der Waals surface area (Å²) in [5.41, 5.74) is 1.65. The van der Waals surface area contributed by atoms with E-state index in [4.69, 9.17) is 9.72 Å². The van der Waals surface area contributed by atoms with E-state index < -0.39 is 0 Å². The Kier molecular flexibility index (Phi) is 3.91. The first-order valence-electron chi connectivity index (χ1n) is 7.82. The molecule has 112 valence electrons. The van der Waals surface area contributed by atoms with E-state index in [1.54, 1.807) is 0 Å². The van der Waals surface area contributed by atoms with E-state index in [0.29, 0.717) is 17.4 Å². The molecular formula is C16H26N2OS. The van der Waals surface area contributed by atoms with Crippen molar-refractivity contribution in [2.75, 3.05) is 13.7 Å². The van der Waals surface area contributed by atoms with Crippen LogP contribution in [0.4, 0.5) is 0 Å². The number of rotatable bonds is 5. The van der Waals surface area contributed by atoms with Crippen LogP contribution in [0.25, 0.3) is 0 Å². The van der Waals surface area contributed by atoms with Gasteiger partial charge in [0.05, 0.1) is 5.69 Å². The van der Waals surface area contributed by atoms with Gasteiger partial charge in [0.2, 0.25) is 0 Å². The summed E-state index contributed by atoms with van der Waals surface area (Å²) in [7, 11) is 2.07. The first-order chi connectivity index (χ1) is 9.54. The summed E-state index contributed by atoms with van der Waals surface area (Å²) in [5, 5.41) is 4.69. The average molecular weight is 294 g/mol. The van der Waals surface area contributed by atoms with Crippen molar-refractivity contribution in [3.05, 3.63) is 15.6 Å². The van der Waals surface area contributed by atoms with Gasteiger partial charge in [0.25, 0.3) is 0 Å². The number of fused-ring (bicyclic) bond motifs is 1. The van der Waals surface area contributed by atoms with Crippen molar-refractivity contribution in [3.63, 3.8) is 0 Å². The molecule has 2 unspecified atom stereocenters. The molecule has 0 radical (unpaired) electrons. The van der Waals surface area contributed by atoms with Crippen LogP contribution in [0.1, 0.15) is 67.8 Å². The van der Waals surface area contributed by atoms with Gasteiger partial charge in [-0.3, -0.25) is 0 Å². The molecule has 0 spiro atoms. The molecule has 2 atom stereocenters. The van der Waals surface area contributed by atoms with Gasteiger partial charge < -0.3 is 10.1 Å². The number of nitrogens with one attached hydrogen (secondary N) is 1. The Morgan fingerprint density at radius 3 is 2.80 bits per heavy atom. The molecule has 1 aromatic heterocycles. The number of ether oxygens (including phenoxy) is 1. The minimum absolute atomic E-state index is 0.246. The Labute approximate surface area is 126 Å². The molecular weight excluding hydrogens is 268 g/mol. The van der Waals surface area contributed by atoms with Gasteiger partial charge in [0.15, 0.2) is 0 Å². The monoisotopic (exact) mass is 294 g/mol. The van der Waals surface area contributed by atoms with Gasteiger partial charge in [-0.05, 0) is 51.0 Å². The van der Waals surface area contributed by atoms with Gasteiger partial charge in [-0.15, -0.1) is 11.3 Å². The molecule has 0 aliphatic heterocycles. The lowest BCUT2D eigenvalue weighted by Crippen LogP contribution is -2.30. The standard InChI is InChI=1S/C16H26N2OS/c1-5-19-13(10-6-7-10)15-18-12-9-16(2,3)8-11(17-4)14(12)20-15/h10-11,13,17H,5-9H2,1-4H3. The zero-order valence-electron chi connectivity index (χ0n) is 13.0. The lowest BCUT2D eigenvalue weighted by atomic mass is 9.76. The van der Waals surface area contributed by atoms with Gasteiger partial charge in [0.1, 0.15) is 11.1 Å². The van der Waals surface area contributed by atoms with Crippen LogP contribution < -0.4 is 5.32 Å². The van der Waals surface area contributed by atoms with Crippen molar-refractivity contribution in [3.8, 4) is 0 Å². The molecule has 0 aromatic carbocycles. The Morgan fingerprint density at radius 1 is 1.45 bits per heavy atom. The van der Waals surface area contributed by atoms with Crippen molar-refractivity contribution in [2.24, 2.45) is 11.3 Å². The Morgan fingerprint density at radius 2 is 2.20 bits per heavy atom. The molecule has 0 bridgehead atoms. The van der Waals surface area contributed by atoms with Gasteiger partial charge >= 0.3 is 0 Å². The van der Waals surface area contributed by atoms with Crippen LogP contribution in [0.3, 0.4) is 0 Å². The summed E-state index contributed by atoms with van der Waals surface area (Å²) in [6, 6.07) is 0.460. The van der Waals surface area contributed by atoms with Crippen LogP contribution in [0.2, 0.25) is 0 Å². The zero-order chi connectivity index (χ0) is 14.3. The maximum absolute atomic E-state index is 5.98. The molecule has 1 fully saturated rings. The van der Waals surface area contributed by atoms with Crippen LogP contribution >= 0.6 is 11.3 Å². The van der Waals surface area contributed by atoms with Crippen LogP contribution in [-0.4, -0.2) is 18.6 Å². The minimum atomic E-state index is 0.246. The topological polar surface area (TPSA) is 34.1 Å². The molecule has 0 saturated heterocycles. The largest absolute Gasteiger partial charge is 0.371 e. The summed E-state index contributed by atoms with van der Waals surface area (Å²) in [6.45, 7) is 7.56. The zero-order valence-corrected chi connectivity index (χ0v) is 13.8. The maximum atomic E-state index is 5.98. The highest BCUT2D eigenvalue weighted by Gasteiger charge is 2.39. The molecule has 4 heteroatoms. The Hall–Kier alpha value is -0.450. The van der Waals surface area contributed by atoms with Crippen molar-refractivity contribution in [1.29, 1.82) is 0 Å². The van der Waals surface area contributed by atoms with E-state index in [1.165, 1.54) is 34.8 Å². The molecule has 1 N–H and O–H groups in total. The Bertz CT molecular complexity index is 479. The molecule has 2 aliphatic carbocycles. The van der Waals surface area contributed by atoms with Crippen molar-refractivity contribution < 1.29 is 4.74 Å². The third-order valence-electron chi connectivity index (χ3n) is 4.45. The van der Waals surface area contributed by atoms with Crippen LogP contribution in [0.5, 0.6) is 0 Å². The summed E-state index contributed by atoms with van der Waals surface area (Å²) in [6.07, 6.45) is 5.14. The molecule has 20 heavy (non-hydrogen) atoms. The van der Waals surface area contributed by atoms with Gasteiger partial charge in [-0.25, -0.2) is 4.98 Å². The van der Waals surface area contributed by atoms with Crippen LogP contribution in [0.15, 0.2) is 0 Å². The van der Waals surface area contributed by atoms with Crippen LogP contribution in [0, 0.1) is 11.3 Å². The summed E-state index contributed by atoms with van der Waals surface area (Å²) >= 11 is 1.89. The second-order valence-corrected chi connectivity index (χ2v) is 8.03. The number of thiazole rings is 1. The molecule has 1 aromatic rings. The maximum Gasteiger partial charge on any atom is 0.122 e. The van der Waals surface area contributed by atoms with Crippen molar-refractivity contribution in [1.82, 2.24) is 10.3 Å². The number of hydrogen-bond donors (Lipinski definition) is 1. The average Bonchev–Trinajstić information content (AvgIpc) is 3.14. The summed E-state index contributed by atoms with van der Waals surface area (Å²) < 4.78 is 5.98. The van der Waals surface area contributed by atoms with E-state index in [9.17, 15) is 0 Å². The molecule has 3 rings (SSSR count). The third kappa shape index (κ3) is 2.78. The van der Waals surface area contributed by atoms with Crippen molar-refractivity contribution >= 4 is 11.3 Å². The highest BCUT2D eigenvalue weighted by molar-refractivity contribution is 7.12. The number of hydrogen-bond acceptors (Lipinski definition) is 4. The normalized spacial score (nSPS) is 26.3. The van der Waals surface area contributed by atoms with E-state index >= 15 is 0 Å². The molecule has 1 heterocycles. The SMILES string of the molecule is CCOC(c1nc2c(s1)C(NC)CC(C)(C)C2)C1CC1. The Balaban J connectivity index is 1.90. The lowest BCUT2D eigenvalue weighted by Gasteiger charge is -2.34. The van der Waals surface area contributed by atoms with Gasteiger partial charge in [-0.1, -0.05) is 13.8 Å². The highest BCUT2D eigenvalue weighted by atomic mass is 32.1. The second-order valence-electron chi connectivity index (χ2n) is 6.96. The highest BCUT2D eigenvalue weighted by Crippen LogP contribution is 2.48. The second kappa shape index (κ2) is 5.39. The molecule has 2 aliphatic rings. The van der Waals surface area contributed by atoms with E-state index in [-0.39, 0.29) is 6.10 Å². The molecule has 0 amide bonds. The van der Waals surface area contributed by atoms with E-state index in [2.05, 4.69) is 33.1 Å². The summed E-state index contributed by atoms with van der Waals surface area (Å²) in [5.74, 6) is 0.712.